The van der Waals surface area contributed by atoms with Crippen LogP contribution in [0.3, 0.4) is 0 Å². The van der Waals surface area contributed by atoms with Gasteiger partial charge >= 0.3 is 0 Å². The van der Waals surface area contributed by atoms with Crippen molar-refractivity contribution in [2.24, 2.45) is 11.0 Å². The van der Waals surface area contributed by atoms with Crippen LogP contribution in [0.25, 0.3) is 0 Å². The van der Waals surface area contributed by atoms with Gasteiger partial charge in [0, 0.05) is 10.6 Å². The molecule has 0 aromatic heterocycles. The van der Waals surface area contributed by atoms with E-state index in [0.717, 1.165) is 0 Å². The average molecular weight is 482 g/mol. The van der Waals surface area contributed by atoms with Crippen LogP contribution in [0.2, 0.25) is 10.0 Å². The lowest BCUT2D eigenvalue weighted by Crippen LogP contribution is -2.48. The molecule has 8 nitrogen and oxygen atoms in total. The van der Waals surface area contributed by atoms with Gasteiger partial charge in [-0.25, -0.2) is 5.43 Å². The van der Waals surface area contributed by atoms with E-state index in [1.54, 1.807) is 32.0 Å². The van der Waals surface area contributed by atoms with E-state index in [1.165, 1.54) is 39.7 Å². The van der Waals surface area contributed by atoms with Crippen molar-refractivity contribution in [3.8, 4) is 17.2 Å². The fraction of sp³-hybridized carbons (Fsp3) is 0.318. The molecule has 0 heterocycles. The van der Waals surface area contributed by atoms with Crippen molar-refractivity contribution in [3.05, 3.63) is 51.5 Å². The number of amides is 2. The molecule has 0 radical (unpaired) electrons. The Balaban J connectivity index is 2.13. The Morgan fingerprint density at radius 1 is 1.00 bits per heavy atom. The number of carbonyl (C=O) groups is 2. The third-order valence-corrected chi connectivity index (χ3v) is 5.03. The topological polar surface area (TPSA) is 98.2 Å². The van der Waals surface area contributed by atoms with E-state index in [-0.39, 0.29) is 16.5 Å². The van der Waals surface area contributed by atoms with Gasteiger partial charge in [-0.3, -0.25) is 9.59 Å². The second-order valence-electron chi connectivity index (χ2n) is 7.01. The van der Waals surface area contributed by atoms with E-state index >= 15 is 0 Å². The maximum atomic E-state index is 12.7. The van der Waals surface area contributed by atoms with Gasteiger partial charge in [-0.1, -0.05) is 37.0 Å². The molecule has 2 rings (SSSR count). The van der Waals surface area contributed by atoms with Crippen LogP contribution in [-0.4, -0.2) is 45.4 Å². The lowest BCUT2D eigenvalue weighted by molar-refractivity contribution is -0.123. The van der Waals surface area contributed by atoms with Crippen molar-refractivity contribution < 1.29 is 23.8 Å². The first kappa shape index (κ1) is 25.3. The van der Waals surface area contributed by atoms with Gasteiger partial charge in [0.05, 0.1) is 38.1 Å². The molecule has 1 unspecified atom stereocenters. The van der Waals surface area contributed by atoms with Gasteiger partial charge in [0.1, 0.15) is 6.04 Å². The van der Waals surface area contributed by atoms with E-state index < -0.39 is 17.9 Å². The summed E-state index contributed by atoms with van der Waals surface area (Å²) in [6.45, 7) is 3.60. The number of halogens is 2. The van der Waals surface area contributed by atoms with E-state index in [2.05, 4.69) is 15.8 Å². The van der Waals surface area contributed by atoms with Crippen molar-refractivity contribution in [1.29, 1.82) is 0 Å². The third kappa shape index (κ3) is 6.27. The first-order chi connectivity index (χ1) is 15.2. The Labute approximate surface area is 196 Å². The van der Waals surface area contributed by atoms with Crippen LogP contribution in [0.5, 0.6) is 17.2 Å². The lowest BCUT2D eigenvalue weighted by atomic mass is 10.0. The minimum Gasteiger partial charge on any atom is -0.493 e. The molecule has 2 N–H and O–H groups in total. The normalized spacial score (nSPS) is 11.9. The number of hydrogen-bond donors (Lipinski definition) is 2. The molecule has 0 aliphatic rings. The van der Waals surface area contributed by atoms with Gasteiger partial charge in [0.25, 0.3) is 11.8 Å². The standard InChI is InChI=1S/C22H25Cl2N3O5/c1-12(2)19(26-21(28)15-7-6-14(23)10-16(15)24)22(29)27-25-11-13-8-17(30-3)20(32-5)18(9-13)31-4/h6-12,19H,1-5H3,(H,26,28)(H,27,29). The van der Waals surface area contributed by atoms with Gasteiger partial charge in [-0.2, -0.15) is 5.10 Å². The molecule has 2 aromatic carbocycles. The molecule has 0 aliphatic carbocycles. The van der Waals surface area contributed by atoms with Crippen LogP contribution in [0.4, 0.5) is 0 Å². The Hall–Kier alpha value is -2.97. The summed E-state index contributed by atoms with van der Waals surface area (Å²) in [5.74, 6) is 0.163. The highest BCUT2D eigenvalue weighted by Gasteiger charge is 2.25. The first-order valence-electron chi connectivity index (χ1n) is 9.60. The fourth-order valence-electron chi connectivity index (χ4n) is 2.84. The maximum Gasteiger partial charge on any atom is 0.262 e. The van der Waals surface area contributed by atoms with Gasteiger partial charge in [0.15, 0.2) is 11.5 Å². The van der Waals surface area contributed by atoms with Crippen LogP contribution in [0.15, 0.2) is 35.4 Å². The highest BCUT2D eigenvalue weighted by molar-refractivity contribution is 6.36. The molecular weight excluding hydrogens is 457 g/mol. The summed E-state index contributed by atoms with van der Waals surface area (Å²) < 4.78 is 15.9. The molecule has 2 aromatic rings. The minimum absolute atomic E-state index is 0.193. The second-order valence-corrected chi connectivity index (χ2v) is 7.86. The monoisotopic (exact) mass is 481 g/mol. The van der Waals surface area contributed by atoms with Crippen molar-refractivity contribution in [1.82, 2.24) is 10.7 Å². The minimum atomic E-state index is -0.841. The largest absolute Gasteiger partial charge is 0.493 e. The van der Waals surface area contributed by atoms with Crippen molar-refractivity contribution in [2.75, 3.05) is 21.3 Å². The molecule has 2 amide bonds. The molecule has 0 fully saturated rings. The Bertz CT molecular complexity index is 986. The molecule has 0 saturated heterocycles. The molecule has 10 heteroatoms. The molecule has 172 valence electrons. The summed E-state index contributed by atoms with van der Waals surface area (Å²) in [6, 6.07) is 7.03. The number of benzene rings is 2. The molecule has 32 heavy (non-hydrogen) atoms. The summed E-state index contributed by atoms with van der Waals surface area (Å²) in [7, 11) is 4.51. The van der Waals surface area contributed by atoms with Gasteiger partial charge in [-0.15, -0.1) is 0 Å². The fourth-order valence-corrected chi connectivity index (χ4v) is 3.34. The van der Waals surface area contributed by atoms with E-state index in [1.807, 2.05) is 0 Å². The molecule has 0 saturated carbocycles. The summed E-state index contributed by atoms with van der Waals surface area (Å²) in [6.07, 6.45) is 1.43. The van der Waals surface area contributed by atoms with E-state index in [4.69, 9.17) is 37.4 Å². The average Bonchev–Trinajstić information content (AvgIpc) is 2.76. The van der Waals surface area contributed by atoms with Gasteiger partial charge in [0.2, 0.25) is 5.75 Å². The van der Waals surface area contributed by atoms with Crippen LogP contribution in [0.1, 0.15) is 29.8 Å². The zero-order chi connectivity index (χ0) is 23.8. The van der Waals surface area contributed by atoms with Crippen LogP contribution < -0.4 is 25.0 Å². The lowest BCUT2D eigenvalue weighted by Gasteiger charge is -2.20. The molecular formula is C22H25Cl2N3O5. The first-order valence-corrected chi connectivity index (χ1v) is 10.4. The molecule has 1 atom stereocenters. The number of methoxy groups -OCH3 is 3. The molecule has 0 aliphatic heterocycles. The van der Waals surface area contributed by atoms with Crippen LogP contribution in [-0.2, 0) is 4.79 Å². The highest BCUT2D eigenvalue weighted by atomic mass is 35.5. The molecule has 0 spiro atoms. The predicted molar refractivity (Wildman–Crippen MR) is 124 cm³/mol. The van der Waals surface area contributed by atoms with Crippen molar-refractivity contribution >= 4 is 41.2 Å². The predicted octanol–water partition coefficient (Wildman–Crippen LogP) is 3.92. The number of nitrogens with zero attached hydrogens (tertiary/aromatic N) is 1. The Morgan fingerprint density at radius 3 is 2.12 bits per heavy atom. The summed E-state index contributed by atoms with van der Waals surface area (Å²) in [5.41, 5.74) is 3.27. The quantitative estimate of drug-likeness (QED) is 0.417. The van der Waals surface area contributed by atoms with E-state index in [0.29, 0.717) is 27.8 Å². The smallest absolute Gasteiger partial charge is 0.262 e. The zero-order valence-electron chi connectivity index (χ0n) is 18.4. The Morgan fingerprint density at radius 2 is 1.62 bits per heavy atom. The second kappa shape index (κ2) is 11.6. The number of carbonyl (C=O) groups excluding carboxylic acids is 2. The number of nitrogens with one attached hydrogen (secondary N) is 2. The SMILES string of the molecule is COc1cc(C=NNC(=O)C(NC(=O)c2ccc(Cl)cc2Cl)C(C)C)cc(OC)c1OC. The number of ether oxygens (including phenoxy) is 3. The van der Waals surface area contributed by atoms with Crippen molar-refractivity contribution in [2.45, 2.75) is 19.9 Å². The number of rotatable bonds is 9. The number of hydrogen-bond acceptors (Lipinski definition) is 6. The van der Waals surface area contributed by atoms with Crippen LogP contribution >= 0.6 is 23.2 Å². The van der Waals surface area contributed by atoms with Crippen molar-refractivity contribution in [3.63, 3.8) is 0 Å². The third-order valence-electron chi connectivity index (χ3n) is 4.49. The number of hydrazone groups is 1. The van der Waals surface area contributed by atoms with Gasteiger partial charge < -0.3 is 19.5 Å². The maximum absolute atomic E-state index is 12.7. The molecule has 0 bridgehead atoms. The summed E-state index contributed by atoms with van der Waals surface area (Å²) in [4.78, 5) is 25.3. The van der Waals surface area contributed by atoms with Gasteiger partial charge in [-0.05, 0) is 36.2 Å². The van der Waals surface area contributed by atoms with Crippen LogP contribution in [0, 0.1) is 5.92 Å². The summed E-state index contributed by atoms with van der Waals surface area (Å²) in [5, 5.41) is 7.27. The van der Waals surface area contributed by atoms with E-state index in [9.17, 15) is 9.59 Å². The highest BCUT2D eigenvalue weighted by Crippen LogP contribution is 2.37. The zero-order valence-corrected chi connectivity index (χ0v) is 19.9. The summed E-state index contributed by atoms with van der Waals surface area (Å²) >= 11 is 12.0. The Kier molecular flexibility index (Phi) is 9.16.